The van der Waals surface area contributed by atoms with Gasteiger partial charge in [0.05, 0.1) is 6.54 Å². The minimum absolute atomic E-state index is 0.287. The molecule has 2 heterocycles. The van der Waals surface area contributed by atoms with E-state index in [4.69, 9.17) is 5.41 Å². The third-order valence-corrected chi connectivity index (χ3v) is 3.90. The fourth-order valence-electron chi connectivity index (χ4n) is 2.13. The zero-order valence-electron chi connectivity index (χ0n) is 9.90. The second kappa shape index (κ2) is 4.17. The molecule has 2 aromatic rings. The van der Waals surface area contributed by atoms with Gasteiger partial charge in [-0.05, 0) is 24.6 Å². The Morgan fingerprint density at radius 2 is 2.33 bits per heavy atom. The largest absolute Gasteiger partial charge is 0.345 e. The molecule has 0 saturated carbocycles. The first-order valence-electron chi connectivity index (χ1n) is 5.67. The molecule has 1 aromatic heterocycles. The van der Waals surface area contributed by atoms with Crippen LogP contribution in [0.3, 0.4) is 0 Å². The summed E-state index contributed by atoms with van der Waals surface area (Å²) < 4.78 is 13.2. The van der Waals surface area contributed by atoms with Crippen molar-refractivity contribution >= 4 is 17.2 Å². The van der Waals surface area contributed by atoms with Crippen molar-refractivity contribution in [1.82, 2.24) is 9.88 Å². The van der Waals surface area contributed by atoms with E-state index < -0.39 is 0 Å². The number of halogens is 1. The Balaban J connectivity index is 1.84. The van der Waals surface area contributed by atoms with Crippen molar-refractivity contribution in [2.24, 2.45) is 0 Å². The van der Waals surface area contributed by atoms with Gasteiger partial charge in [-0.25, -0.2) is 9.37 Å². The zero-order chi connectivity index (χ0) is 12.7. The summed E-state index contributed by atoms with van der Waals surface area (Å²) in [5, 5.41) is 9.07. The molecule has 0 bridgehead atoms. The third-order valence-electron chi connectivity index (χ3n) is 3.00. The molecule has 0 fully saturated rings. The predicted octanol–water partition coefficient (Wildman–Crippen LogP) is 2.93. The van der Waals surface area contributed by atoms with Gasteiger partial charge in [0.2, 0.25) is 0 Å². The second-order valence-electron chi connectivity index (χ2n) is 4.37. The maximum absolute atomic E-state index is 13.2. The van der Waals surface area contributed by atoms with E-state index >= 15 is 0 Å². The molecule has 3 rings (SSSR count). The monoisotopic (exact) mass is 261 g/mol. The predicted molar refractivity (Wildman–Crippen MR) is 69.3 cm³/mol. The van der Waals surface area contributed by atoms with Gasteiger partial charge < -0.3 is 4.90 Å². The smallest absolute Gasteiger partial charge is 0.129 e. The first-order chi connectivity index (χ1) is 8.63. The Labute approximate surface area is 108 Å². The summed E-state index contributed by atoms with van der Waals surface area (Å²) >= 11 is 1.63. The molecule has 0 radical (unpaired) electrons. The lowest BCUT2D eigenvalue weighted by Gasteiger charge is -2.15. The van der Waals surface area contributed by atoms with Crippen molar-refractivity contribution in [2.75, 3.05) is 0 Å². The van der Waals surface area contributed by atoms with Crippen LogP contribution in [-0.2, 0) is 13.1 Å². The van der Waals surface area contributed by atoms with Crippen LogP contribution in [0, 0.1) is 18.2 Å². The number of aryl methyl sites for hydroxylation is 1. The summed E-state index contributed by atoms with van der Waals surface area (Å²) in [4.78, 5) is 7.39. The molecule has 1 N–H and O–H groups in total. The number of hydrogen-bond acceptors (Lipinski definition) is 3. The molecule has 0 spiro atoms. The lowest BCUT2D eigenvalue weighted by Crippen LogP contribution is -2.23. The molecule has 1 aromatic carbocycles. The molecular formula is C13H12FN3S. The van der Waals surface area contributed by atoms with Crippen LogP contribution in [0.5, 0.6) is 0 Å². The summed E-state index contributed by atoms with van der Waals surface area (Å²) in [7, 11) is 0. The minimum atomic E-state index is -0.287. The Bertz CT molecular complexity index is 620. The van der Waals surface area contributed by atoms with E-state index in [2.05, 4.69) is 4.98 Å². The standard InChI is InChI=1S/C13H12FN3S/c1-8-5-16-12(18-8)7-17-6-9-2-3-10(14)4-11(9)13(17)15/h2-5,15H,6-7H2,1H3. The Morgan fingerprint density at radius 1 is 1.50 bits per heavy atom. The third kappa shape index (κ3) is 1.90. The van der Waals surface area contributed by atoms with Gasteiger partial charge >= 0.3 is 0 Å². The molecule has 0 saturated heterocycles. The van der Waals surface area contributed by atoms with Crippen LogP contribution < -0.4 is 0 Å². The molecule has 18 heavy (non-hydrogen) atoms. The Kier molecular flexibility index (Phi) is 2.63. The van der Waals surface area contributed by atoms with Crippen LogP contribution in [0.25, 0.3) is 0 Å². The van der Waals surface area contributed by atoms with E-state index in [0.29, 0.717) is 24.5 Å². The number of aromatic nitrogens is 1. The SMILES string of the molecule is Cc1cnc(CN2Cc3ccc(F)cc3C2=N)s1. The van der Waals surface area contributed by atoms with Gasteiger partial charge in [0.1, 0.15) is 16.7 Å². The maximum Gasteiger partial charge on any atom is 0.129 e. The highest BCUT2D eigenvalue weighted by Gasteiger charge is 2.25. The highest BCUT2D eigenvalue weighted by molar-refractivity contribution is 7.11. The zero-order valence-corrected chi connectivity index (χ0v) is 10.7. The number of rotatable bonds is 2. The summed E-state index contributed by atoms with van der Waals surface area (Å²) in [6.07, 6.45) is 1.84. The van der Waals surface area contributed by atoms with Gasteiger partial charge in [0.25, 0.3) is 0 Å². The van der Waals surface area contributed by atoms with Gasteiger partial charge in [-0.1, -0.05) is 6.07 Å². The average Bonchev–Trinajstić information content (AvgIpc) is 2.86. The van der Waals surface area contributed by atoms with Crippen LogP contribution >= 0.6 is 11.3 Å². The van der Waals surface area contributed by atoms with Gasteiger partial charge in [0.15, 0.2) is 0 Å². The molecule has 0 aliphatic carbocycles. The van der Waals surface area contributed by atoms with E-state index in [-0.39, 0.29) is 5.82 Å². The van der Waals surface area contributed by atoms with E-state index in [1.54, 1.807) is 17.4 Å². The Hall–Kier alpha value is -1.75. The number of nitrogens with zero attached hydrogens (tertiary/aromatic N) is 2. The van der Waals surface area contributed by atoms with E-state index in [1.807, 2.05) is 18.0 Å². The molecule has 0 amide bonds. The number of fused-ring (bicyclic) bond motifs is 1. The lowest BCUT2D eigenvalue weighted by atomic mass is 10.1. The van der Waals surface area contributed by atoms with Gasteiger partial charge in [-0.2, -0.15) is 0 Å². The molecule has 1 aliphatic rings. The molecule has 5 heteroatoms. The number of thiazole rings is 1. The molecule has 0 unspecified atom stereocenters. The highest BCUT2D eigenvalue weighted by Crippen LogP contribution is 2.25. The van der Waals surface area contributed by atoms with Crippen molar-refractivity contribution < 1.29 is 4.39 Å². The fraction of sp³-hybridized carbons (Fsp3) is 0.231. The number of hydrogen-bond donors (Lipinski definition) is 1. The minimum Gasteiger partial charge on any atom is -0.345 e. The first-order valence-corrected chi connectivity index (χ1v) is 6.49. The van der Waals surface area contributed by atoms with E-state index in [1.165, 1.54) is 17.0 Å². The number of nitrogens with one attached hydrogen (secondary N) is 1. The first kappa shape index (κ1) is 11.3. The van der Waals surface area contributed by atoms with Crippen molar-refractivity contribution in [1.29, 1.82) is 5.41 Å². The quantitative estimate of drug-likeness (QED) is 0.903. The summed E-state index contributed by atoms with van der Waals surface area (Å²) in [6.45, 7) is 3.29. The fourth-order valence-corrected chi connectivity index (χ4v) is 2.94. The van der Waals surface area contributed by atoms with Crippen LogP contribution in [-0.4, -0.2) is 15.7 Å². The van der Waals surface area contributed by atoms with Gasteiger partial charge in [0, 0.05) is 23.2 Å². The maximum atomic E-state index is 13.2. The molecule has 92 valence electrons. The van der Waals surface area contributed by atoms with Crippen LogP contribution in [0.2, 0.25) is 0 Å². The van der Waals surface area contributed by atoms with Crippen LogP contribution in [0.15, 0.2) is 24.4 Å². The second-order valence-corrected chi connectivity index (χ2v) is 5.69. The van der Waals surface area contributed by atoms with Crippen LogP contribution in [0.4, 0.5) is 4.39 Å². The lowest BCUT2D eigenvalue weighted by molar-refractivity contribution is 0.421. The summed E-state index contributed by atoms with van der Waals surface area (Å²) in [5.41, 5.74) is 1.71. The Morgan fingerprint density at radius 3 is 3.06 bits per heavy atom. The summed E-state index contributed by atoms with van der Waals surface area (Å²) in [6, 6.07) is 4.64. The van der Waals surface area contributed by atoms with Crippen molar-refractivity contribution in [2.45, 2.75) is 20.0 Å². The molecule has 0 atom stereocenters. The van der Waals surface area contributed by atoms with E-state index in [9.17, 15) is 4.39 Å². The summed E-state index contributed by atoms with van der Waals surface area (Å²) in [5.74, 6) is 0.0998. The number of benzene rings is 1. The average molecular weight is 261 g/mol. The van der Waals surface area contributed by atoms with Gasteiger partial charge in [-0.3, -0.25) is 5.41 Å². The van der Waals surface area contributed by atoms with Crippen LogP contribution in [0.1, 0.15) is 21.0 Å². The van der Waals surface area contributed by atoms with Gasteiger partial charge in [-0.15, -0.1) is 11.3 Å². The van der Waals surface area contributed by atoms with Crippen molar-refractivity contribution in [3.05, 3.63) is 51.2 Å². The van der Waals surface area contributed by atoms with E-state index in [0.717, 1.165) is 10.6 Å². The van der Waals surface area contributed by atoms with Crippen molar-refractivity contribution in [3.8, 4) is 0 Å². The highest BCUT2D eigenvalue weighted by atomic mass is 32.1. The topological polar surface area (TPSA) is 40.0 Å². The van der Waals surface area contributed by atoms with Crippen molar-refractivity contribution in [3.63, 3.8) is 0 Å². The molecular weight excluding hydrogens is 249 g/mol. The normalized spacial score (nSPS) is 14.1. The molecule has 3 nitrogen and oxygen atoms in total. The number of amidine groups is 1. The molecule has 1 aliphatic heterocycles.